The molecule has 0 aromatic heterocycles. The van der Waals surface area contributed by atoms with Gasteiger partial charge in [-0.15, -0.1) is 0 Å². The minimum absolute atomic E-state index is 0. The second-order valence-electron chi connectivity index (χ2n) is 3.16. The van der Waals surface area contributed by atoms with Crippen LogP contribution in [-0.2, 0) is 9.59 Å². The van der Waals surface area contributed by atoms with Crippen molar-refractivity contribution in [3.8, 4) is 0 Å². The predicted octanol–water partition coefficient (Wildman–Crippen LogP) is -5.12. The van der Waals surface area contributed by atoms with Gasteiger partial charge in [-0.3, -0.25) is 4.90 Å². The van der Waals surface area contributed by atoms with Gasteiger partial charge < -0.3 is 27.0 Å². The molecule has 0 amide bonds. The second kappa shape index (κ2) is 10.9. The van der Waals surface area contributed by atoms with Crippen LogP contribution >= 0.6 is 0 Å². The van der Waals surface area contributed by atoms with Gasteiger partial charge in [-0.05, 0) is 21.0 Å². The monoisotopic (exact) mass is 263 g/mol. The van der Waals surface area contributed by atoms with Crippen molar-refractivity contribution in [1.29, 1.82) is 0 Å². The number of carboxylic acid groups (broad SMARTS) is 2. The summed E-state index contributed by atoms with van der Waals surface area (Å²) in [6, 6.07) is 0. The van der Waals surface area contributed by atoms with Crippen molar-refractivity contribution in [2.45, 2.75) is 25.4 Å². The molecule has 0 heterocycles. The van der Waals surface area contributed by atoms with E-state index >= 15 is 0 Å². The number of nitrogens with zero attached hydrogens (tertiary/aromatic N) is 1. The third-order valence-corrected chi connectivity index (χ3v) is 1.55. The number of aliphatic hydroxyl groups excluding tert-OH is 3. The molecule has 0 aliphatic rings. The Morgan fingerprint density at radius 1 is 1.00 bits per heavy atom. The Balaban J connectivity index is -0.000000108. The van der Waals surface area contributed by atoms with Crippen LogP contribution < -0.4 is 29.6 Å². The minimum Gasteiger partial charge on any atom is -1.00 e. The Hall–Kier alpha value is -0.220. The summed E-state index contributed by atoms with van der Waals surface area (Å²) >= 11 is 0. The molecule has 0 bridgehead atoms. The van der Waals surface area contributed by atoms with E-state index in [9.17, 15) is 9.59 Å². The smallest absolute Gasteiger partial charge is 1.00 e. The number of carboxylic acids is 2. The molecule has 0 saturated heterocycles. The third-order valence-electron chi connectivity index (χ3n) is 1.55. The molecule has 3 unspecified atom stereocenters. The largest absolute Gasteiger partial charge is 1.00 e. The first-order valence-corrected chi connectivity index (χ1v) is 4.27. The van der Waals surface area contributed by atoms with E-state index in [0.29, 0.717) is 0 Å². The van der Waals surface area contributed by atoms with Gasteiger partial charge in [0, 0.05) is 0 Å². The summed E-state index contributed by atoms with van der Waals surface area (Å²) in [7, 11) is 3.65. The molecular formula is C8H18NNaO7. The average Bonchev–Trinajstić information content (AvgIpc) is 2.15. The molecule has 5 N–H and O–H groups in total. The van der Waals surface area contributed by atoms with E-state index in [1.165, 1.54) is 0 Å². The average molecular weight is 263 g/mol. The zero-order chi connectivity index (χ0) is 13.5. The van der Waals surface area contributed by atoms with E-state index in [-0.39, 0.29) is 37.2 Å². The zero-order valence-corrected chi connectivity index (χ0v) is 12.2. The molecular weight excluding hydrogens is 245 g/mol. The molecule has 17 heavy (non-hydrogen) atoms. The van der Waals surface area contributed by atoms with Crippen LogP contribution in [0.15, 0.2) is 0 Å². The van der Waals surface area contributed by atoms with E-state index in [1.54, 1.807) is 11.8 Å². The van der Waals surface area contributed by atoms with Crippen molar-refractivity contribution in [1.82, 2.24) is 4.90 Å². The molecule has 0 rings (SSSR count). The molecule has 0 aromatic rings. The first-order valence-electron chi connectivity index (χ1n) is 4.27. The Morgan fingerprint density at radius 3 is 1.24 bits per heavy atom. The van der Waals surface area contributed by atoms with Gasteiger partial charge in [-0.2, -0.15) is 0 Å². The number of aliphatic hydroxyl groups is 3. The second-order valence-corrected chi connectivity index (χ2v) is 3.16. The van der Waals surface area contributed by atoms with E-state index in [4.69, 9.17) is 25.5 Å². The van der Waals surface area contributed by atoms with Gasteiger partial charge in [0.05, 0.1) is 0 Å². The van der Waals surface area contributed by atoms with Gasteiger partial charge >= 0.3 is 41.5 Å². The van der Waals surface area contributed by atoms with Crippen LogP contribution in [-0.4, -0.2) is 74.9 Å². The van der Waals surface area contributed by atoms with Crippen LogP contribution in [0.5, 0.6) is 0 Å². The molecule has 0 aliphatic carbocycles. The number of rotatable bonds is 4. The molecule has 8 nitrogen and oxygen atoms in total. The summed E-state index contributed by atoms with van der Waals surface area (Å²) in [5.74, 6) is -3.54. The Bertz CT molecular complexity index is 215. The third kappa shape index (κ3) is 12.0. The first-order chi connectivity index (χ1) is 7.11. The predicted molar refractivity (Wildman–Crippen MR) is 53.8 cm³/mol. The quantitative estimate of drug-likeness (QED) is 0.251. The van der Waals surface area contributed by atoms with Crippen LogP contribution in [0.25, 0.3) is 0 Å². The summed E-state index contributed by atoms with van der Waals surface area (Å²) in [6.07, 6.45) is -4.85. The Labute approximate surface area is 122 Å². The van der Waals surface area contributed by atoms with Crippen molar-refractivity contribution < 1.29 is 66.1 Å². The normalized spacial score (nSPS) is 14.8. The van der Waals surface area contributed by atoms with Crippen LogP contribution in [0.3, 0.4) is 0 Å². The maximum Gasteiger partial charge on any atom is 1.00 e. The van der Waals surface area contributed by atoms with Gasteiger partial charge in [-0.1, -0.05) is 0 Å². The van der Waals surface area contributed by atoms with Crippen molar-refractivity contribution in [3.63, 3.8) is 0 Å². The summed E-state index contributed by atoms with van der Waals surface area (Å²) in [5.41, 5.74) is 0. The van der Waals surface area contributed by atoms with Crippen molar-refractivity contribution in [2.75, 3.05) is 14.1 Å². The summed E-state index contributed by atoms with van der Waals surface area (Å²) in [6.45, 7) is 1.72. The van der Waals surface area contributed by atoms with Crippen LogP contribution in [0.2, 0.25) is 0 Å². The van der Waals surface area contributed by atoms with Gasteiger partial charge in [0.2, 0.25) is 0 Å². The summed E-state index contributed by atoms with van der Waals surface area (Å²) in [5, 5.41) is 41.1. The van der Waals surface area contributed by atoms with E-state index in [0.717, 1.165) is 0 Å². The summed E-state index contributed by atoms with van der Waals surface area (Å²) in [4.78, 5) is 21.3. The van der Waals surface area contributed by atoms with Crippen molar-refractivity contribution in [2.24, 2.45) is 0 Å². The molecule has 0 aliphatic heterocycles. The maximum atomic E-state index is 9.77. The number of carbonyl (C=O) groups is 2. The number of aliphatic carboxylic acids is 2. The molecule has 3 atom stereocenters. The molecule has 0 saturated carbocycles. The minimum atomic E-state index is -2.27. The number of hydrogen-bond donors (Lipinski definition) is 5. The van der Waals surface area contributed by atoms with E-state index < -0.39 is 24.1 Å². The van der Waals surface area contributed by atoms with Gasteiger partial charge in [0.1, 0.15) is 6.23 Å². The van der Waals surface area contributed by atoms with E-state index in [1.807, 2.05) is 14.1 Å². The van der Waals surface area contributed by atoms with Crippen molar-refractivity contribution in [3.05, 3.63) is 0 Å². The summed E-state index contributed by atoms with van der Waals surface area (Å²) < 4.78 is 0. The fraction of sp³-hybridized carbons (Fsp3) is 0.750. The van der Waals surface area contributed by atoms with Gasteiger partial charge in [0.15, 0.2) is 12.2 Å². The van der Waals surface area contributed by atoms with Crippen LogP contribution in [0.4, 0.5) is 0 Å². The van der Waals surface area contributed by atoms with E-state index in [2.05, 4.69) is 0 Å². The molecule has 0 radical (unpaired) electrons. The fourth-order valence-corrected chi connectivity index (χ4v) is 0.270. The maximum absolute atomic E-state index is 9.77. The Morgan fingerprint density at radius 2 is 1.18 bits per heavy atom. The molecule has 0 spiro atoms. The SMILES string of the molecule is CC(O)N(C)C.O=C(O)C(O)C(O)C(=O)O.[H-].[Na+]. The molecule has 0 aromatic carbocycles. The Kier molecular flexibility index (Phi) is 14.1. The van der Waals surface area contributed by atoms with Gasteiger partial charge in [0.25, 0.3) is 0 Å². The number of hydrogen-bond acceptors (Lipinski definition) is 6. The fourth-order valence-electron chi connectivity index (χ4n) is 0.270. The van der Waals surface area contributed by atoms with Crippen LogP contribution in [0, 0.1) is 0 Å². The van der Waals surface area contributed by atoms with Gasteiger partial charge in [-0.25, -0.2) is 9.59 Å². The topological polar surface area (TPSA) is 139 Å². The molecule has 0 fully saturated rings. The molecule has 9 heteroatoms. The first kappa shape index (κ1) is 22.0. The molecule has 98 valence electrons. The van der Waals surface area contributed by atoms with Crippen LogP contribution in [0.1, 0.15) is 8.35 Å². The standard InChI is InChI=1S/C4H11NO.C4H6O6.Na.H/c1-4(6)5(2)3;5-1(3(7)8)2(6)4(9)10;;/h4,6H,1-3H3;1-2,5-6H,(H,7,8)(H,9,10);;/q;;+1;-1. The van der Waals surface area contributed by atoms with Crippen molar-refractivity contribution >= 4 is 11.9 Å². The zero-order valence-electron chi connectivity index (χ0n) is 11.2.